The lowest BCUT2D eigenvalue weighted by molar-refractivity contribution is -0.137. The summed E-state index contributed by atoms with van der Waals surface area (Å²) in [4.78, 5) is 17.2. The Bertz CT molecular complexity index is 668. The van der Waals surface area contributed by atoms with Crippen molar-refractivity contribution < 1.29 is 9.53 Å². The molecule has 2 rings (SSSR count). The number of nitrogens with zero attached hydrogens (tertiary/aromatic N) is 4. The molecule has 1 aromatic heterocycles. The van der Waals surface area contributed by atoms with Gasteiger partial charge >= 0.3 is 5.97 Å². The largest absolute Gasteiger partial charge is 0.468 e. The molecule has 8 nitrogen and oxygen atoms in total. The standard InChI is InChI=1S/C14H18N6O2S/c1-20(2)11-6-4-10(5-7-11)8-15-17-13-16-14(19-18-13)23-9-12(21)22-3/h4-8H,9H2,1-3H3,(H2,16,17,18,19)/b15-8-. The summed E-state index contributed by atoms with van der Waals surface area (Å²) in [6, 6.07) is 7.96. The number of esters is 1. The number of carbonyl (C=O) groups excluding carboxylic acids is 1. The number of hydrogen-bond acceptors (Lipinski definition) is 8. The van der Waals surface area contributed by atoms with Gasteiger partial charge in [-0.1, -0.05) is 23.9 Å². The smallest absolute Gasteiger partial charge is 0.316 e. The highest BCUT2D eigenvalue weighted by Crippen LogP contribution is 2.14. The molecule has 0 fully saturated rings. The number of benzene rings is 1. The van der Waals surface area contributed by atoms with Crippen LogP contribution in [-0.2, 0) is 9.53 Å². The topological polar surface area (TPSA) is 95.5 Å². The zero-order valence-electron chi connectivity index (χ0n) is 13.1. The first kappa shape index (κ1) is 16.8. The number of carbonyl (C=O) groups is 1. The summed E-state index contributed by atoms with van der Waals surface area (Å²) < 4.78 is 4.55. The lowest BCUT2D eigenvalue weighted by atomic mass is 10.2. The minimum atomic E-state index is -0.325. The summed E-state index contributed by atoms with van der Waals surface area (Å²) in [5.74, 6) is 0.238. The predicted octanol–water partition coefficient (Wildman–Crippen LogP) is 1.58. The molecule has 9 heteroatoms. The van der Waals surface area contributed by atoms with Gasteiger partial charge in [0, 0.05) is 19.8 Å². The molecule has 0 amide bonds. The van der Waals surface area contributed by atoms with Crippen molar-refractivity contribution >= 4 is 35.6 Å². The second-order valence-electron chi connectivity index (χ2n) is 4.69. The molecule has 1 heterocycles. The molecule has 0 aliphatic heterocycles. The minimum Gasteiger partial charge on any atom is -0.468 e. The van der Waals surface area contributed by atoms with Gasteiger partial charge in [-0.25, -0.2) is 10.5 Å². The van der Waals surface area contributed by atoms with E-state index < -0.39 is 0 Å². The Balaban J connectivity index is 1.85. The van der Waals surface area contributed by atoms with Crippen LogP contribution in [-0.4, -0.2) is 54.3 Å². The Labute approximate surface area is 138 Å². The Morgan fingerprint density at radius 3 is 2.83 bits per heavy atom. The third-order valence-electron chi connectivity index (χ3n) is 2.81. The van der Waals surface area contributed by atoms with Gasteiger partial charge < -0.3 is 9.64 Å². The molecule has 0 aliphatic carbocycles. The fourth-order valence-electron chi connectivity index (χ4n) is 1.57. The summed E-state index contributed by atoms with van der Waals surface area (Å²) in [6.07, 6.45) is 1.68. The molecule has 23 heavy (non-hydrogen) atoms. The lowest BCUT2D eigenvalue weighted by Crippen LogP contribution is -2.08. The monoisotopic (exact) mass is 334 g/mol. The van der Waals surface area contributed by atoms with Crippen LogP contribution in [0.3, 0.4) is 0 Å². The molecule has 122 valence electrons. The Morgan fingerprint density at radius 1 is 1.43 bits per heavy atom. The molecule has 2 N–H and O–H groups in total. The van der Waals surface area contributed by atoms with E-state index in [1.807, 2.05) is 43.3 Å². The molecule has 2 aromatic rings. The summed E-state index contributed by atoms with van der Waals surface area (Å²) >= 11 is 1.18. The van der Waals surface area contributed by atoms with Crippen molar-refractivity contribution in [3.63, 3.8) is 0 Å². The third-order valence-corrected chi connectivity index (χ3v) is 3.63. The molecule has 0 radical (unpaired) electrons. The quantitative estimate of drug-likeness (QED) is 0.343. The number of aromatic nitrogens is 3. The summed E-state index contributed by atoms with van der Waals surface area (Å²) in [6.45, 7) is 0. The molecule has 0 unspecified atom stereocenters. The van der Waals surface area contributed by atoms with Gasteiger partial charge in [-0.3, -0.25) is 4.79 Å². The number of anilines is 2. The van der Waals surface area contributed by atoms with Crippen molar-refractivity contribution in [1.29, 1.82) is 0 Å². The van der Waals surface area contributed by atoms with Gasteiger partial charge in [0.15, 0.2) is 0 Å². The van der Waals surface area contributed by atoms with E-state index in [1.165, 1.54) is 18.9 Å². The first-order valence-electron chi connectivity index (χ1n) is 6.77. The van der Waals surface area contributed by atoms with Gasteiger partial charge in [0.1, 0.15) is 0 Å². The molecule has 0 saturated carbocycles. The number of thioether (sulfide) groups is 1. The van der Waals surface area contributed by atoms with Crippen LogP contribution in [0.2, 0.25) is 0 Å². The zero-order valence-corrected chi connectivity index (χ0v) is 13.9. The lowest BCUT2D eigenvalue weighted by Gasteiger charge is -2.11. The summed E-state index contributed by atoms with van der Waals surface area (Å²) in [5.41, 5.74) is 4.84. The van der Waals surface area contributed by atoms with E-state index in [1.54, 1.807) is 6.21 Å². The summed E-state index contributed by atoms with van der Waals surface area (Å²) in [7, 11) is 5.32. The van der Waals surface area contributed by atoms with Crippen LogP contribution in [0.5, 0.6) is 0 Å². The third kappa shape index (κ3) is 5.29. The van der Waals surface area contributed by atoms with Gasteiger partial charge in [-0.2, -0.15) is 10.1 Å². The number of nitrogens with one attached hydrogen (secondary N) is 2. The van der Waals surface area contributed by atoms with E-state index in [9.17, 15) is 4.79 Å². The number of ether oxygens (including phenoxy) is 1. The highest BCUT2D eigenvalue weighted by atomic mass is 32.2. The highest BCUT2D eigenvalue weighted by Gasteiger charge is 2.06. The Morgan fingerprint density at radius 2 is 2.17 bits per heavy atom. The predicted molar refractivity (Wildman–Crippen MR) is 91.1 cm³/mol. The summed E-state index contributed by atoms with van der Waals surface area (Å²) in [5, 5.41) is 11.2. The SMILES string of the molecule is COC(=O)CSc1n[nH]c(N/N=C\c2ccc(N(C)C)cc2)n1. The molecule has 0 aliphatic rings. The Hall–Kier alpha value is -2.55. The molecule has 0 bridgehead atoms. The van der Waals surface area contributed by atoms with Crippen LogP contribution in [0.1, 0.15) is 5.56 Å². The van der Waals surface area contributed by atoms with E-state index in [2.05, 4.69) is 30.4 Å². The van der Waals surface area contributed by atoms with Crippen molar-refractivity contribution in [2.45, 2.75) is 5.16 Å². The first-order valence-corrected chi connectivity index (χ1v) is 7.75. The van der Waals surface area contributed by atoms with E-state index in [-0.39, 0.29) is 11.7 Å². The number of H-pyrrole nitrogens is 1. The van der Waals surface area contributed by atoms with Crippen molar-refractivity contribution in [3.8, 4) is 0 Å². The van der Waals surface area contributed by atoms with E-state index >= 15 is 0 Å². The second kappa shape index (κ2) is 8.18. The molecule has 1 aromatic carbocycles. The van der Waals surface area contributed by atoms with E-state index in [0.29, 0.717) is 11.1 Å². The van der Waals surface area contributed by atoms with Gasteiger partial charge in [0.05, 0.1) is 19.1 Å². The maximum absolute atomic E-state index is 11.0. The van der Waals surface area contributed by atoms with Gasteiger partial charge in [0.2, 0.25) is 11.1 Å². The average Bonchev–Trinajstić information content (AvgIpc) is 3.01. The number of methoxy groups -OCH3 is 1. The molecule has 0 atom stereocenters. The van der Waals surface area contributed by atoms with Crippen LogP contribution in [0.25, 0.3) is 0 Å². The molecule has 0 saturated heterocycles. The normalized spacial score (nSPS) is 10.7. The maximum atomic E-state index is 11.0. The fourth-order valence-corrected chi connectivity index (χ4v) is 2.20. The molecule has 0 spiro atoms. The number of rotatable bonds is 7. The van der Waals surface area contributed by atoms with E-state index in [0.717, 1.165) is 11.3 Å². The number of hydrazone groups is 1. The minimum absolute atomic E-state index is 0.162. The van der Waals surface area contributed by atoms with Gasteiger partial charge in [-0.15, -0.1) is 5.10 Å². The van der Waals surface area contributed by atoms with Crippen LogP contribution < -0.4 is 10.3 Å². The van der Waals surface area contributed by atoms with Crippen molar-refractivity contribution in [1.82, 2.24) is 15.2 Å². The van der Waals surface area contributed by atoms with Crippen molar-refractivity contribution in [3.05, 3.63) is 29.8 Å². The second-order valence-corrected chi connectivity index (χ2v) is 5.63. The van der Waals surface area contributed by atoms with Crippen LogP contribution in [0.15, 0.2) is 34.5 Å². The highest BCUT2D eigenvalue weighted by molar-refractivity contribution is 7.99. The van der Waals surface area contributed by atoms with Crippen LogP contribution >= 0.6 is 11.8 Å². The van der Waals surface area contributed by atoms with Gasteiger partial charge in [-0.05, 0) is 17.7 Å². The van der Waals surface area contributed by atoms with Gasteiger partial charge in [0.25, 0.3) is 0 Å². The Kier molecular flexibility index (Phi) is 5.98. The fraction of sp³-hybridized carbons (Fsp3) is 0.286. The van der Waals surface area contributed by atoms with Crippen LogP contribution in [0.4, 0.5) is 11.6 Å². The number of hydrogen-bond donors (Lipinski definition) is 2. The number of aromatic amines is 1. The van der Waals surface area contributed by atoms with E-state index in [4.69, 9.17) is 0 Å². The average molecular weight is 334 g/mol. The van der Waals surface area contributed by atoms with Crippen molar-refractivity contribution in [2.75, 3.05) is 37.3 Å². The molecular formula is C14H18N6O2S. The van der Waals surface area contributed by atoms with Crippen molar-refractivity contribution in [2.24, 2.45) is 5.10 Å². The zero-order chi connectivity index (χ0) is 16.7. The first-order chi connectivity index (χ1) is 11.1. The maximum Gasteiger partial charge on any atom is 0.316 e. The molecular weight excluding hydrogens is 316 g/mol. The van der Waals surface area contributed by atoms with Crippen LogP contribution in [0, 0.1) is 0 Å².